The molecule has 0 saturated carbocycles. The van der Waals surface area contributed by atoms with Crippen molar-refractivity contribution in [3.8, 4) is 5.75 Å². The summed E-state index contributed by atoms with van der Waals surface area (Å²) >= 11 is 0. The lowest BCUT2D eigenvalue weighted by Gasteiger charge is -2.24. The van der Waals surface area contributed by atoms with Crippen LogP contribution in [0.3, 0.4) is 0 Å². The molecule has 2 aliphatic rings. The average molecular weight is 194 g/mol. The Balaban J connectivity index is 1.86. The van der Waals surface area contributed by atoms with Crippen LogP contribution in [0.15, 0.2) is 18.2 Å². The molecule has 0 spiro atoms. The Labute approximate surface area is 81.6 Å². The summed E-state index contributed by atoms with van der Waals surface area (Å²) in [6, 6.07) is 4.70. The van der Waals surface area contributed by atoms with Gasteiger partial charge < -0.3 is 9.47 Å². The molecule has 0 aliphatic carbocycles. The molecule has 2 aliphatic heterocycles. The fraction of sp³-hybridized carbons (Fsp3) is 0.455. The molecule has 1 aromatic carbocycles. The average Bonchev–Trinajstić information content (AvgIpc) is 3.00. The fourth-order valence-electron chi connectivity index (χ4n) is 1.91. The quantitative estimate of drug-likeness (QED) is 0.637. The summed E-state index contributed by atoms with van der Waals surface area (Å²) in [6.45, 7) is 0.807. The van der Waals surface area contributed by atoms with E-state index in [2.05, 4.69) is 0 Å². The zero-order valence-corrected chi connectivity index (χ0v) is 7.70. The molecule has 2 atom stereocenters. The van der Waals surface area contributed by atoms with Crippen LogP contribution in [0, 0.1) is 5.82 Å². The molecule has 74 valence electrons. The molecule has 0 N–H and O–H groups in total. The van der Waals surface area contributed by atoms with E-state index in [0.29, 0.717) is 0 Å². The molecule has 2 nitrogen and oxygen atoms in total. The van der Waals surface area contributed by atoms with Crippen molar-refractivity contribution in [1.29, 1.82) is 0 Å². The Hall–Kier alpha value is -1.09. The fourth-order valence-corrected chi connectivity index (χ4v) is 1.91. The summed E-state index contributed by atoms with van der Waals surface area (Å²) in [5.74, 6) is 0.631. The van der Waals surface area contributed by atoms with Crippen LogP contribution in [-0.2, 0) is 11.2 Å². The lowest BCUT2D eigenvalue weighted by Crippen LogP contribution is -2.27. The predicted molar refractivity (Wildman–Crippen MR) is 48.9 cm³/mol. The molecule has 3 rings (SSSR count). The van der Waals surface area contributed by atoms with E-state index in [1.165, 1.54) is 6.07 Å². The number of fused-ring (bicyclic) bond motifs is 1. The van der Waals surface area contributed by atoms with Crippen molar-refractivity contribution in [2.45, 2.75) is 25.0 Å². The highest BCUT2D eigenvalue weighted by Gasteiger charge is 2.36. The maximum atomic E-state index is 12.9. The Bertz CT molecular complexity index is 360. The van der Waals surface area contributed by atoms with Crippen LogP contribution in [0.1, 0.15) is 12.0 Å². The molecule has 1 aromatic rings. The molecule has 0 bridgehead atoms. The number of hydrogen-bond acceptors (Lipinski definition) is 2. The van der Waals surface area contributed by atoms with Crippen molar-refractivity contribution >= 4 is 0 Å². The first-order valence-electron chi connectivity index (χ1n) is 4.89. The Morgan fingerprint density at radius 3 is 2.93 bits per heavy atom. The minimum absolute atomic E-state index is 0.174. The van der Waals surface area contributed by atoms with Gasteiger partial charge in [0, 0.05) is 0 Å². The van der Waals surface area contributed by atoms with E-state index in [1.807, 2.05) is 0 Å². The van der Waals surface area contributed by atoms with E-state index in [9.17, 15) is 4.39 Å². The van der Waals surface area contributed by atoms with E-state index in [1.54, 1.807) is 12.1 Å². The van der Waals surface area contributed by atoms with Gasteiger partial charge in [-0.3, -0.25) is 0 Å². The van der Waals surface area contributed by atoms with Gasteiger partial charge in [-0.25, -0.2) is 4.39 Å². The highest BCUT2D eigenvalue weighted by Crippen LogP contribution is 2.32. The van der Waals surface area contributed by atoms with Crippen LogP contribution in [0.4, 0.5) is 4.39 Å². The lowest BCUT2D eigenvalue weighted by molar-refractivity contribution is 0.136. The van der Waals surface area contributed by atoms with Gasteiger partial charge in [0.2, 0.25) is 0 Å². The number of halogens is 1. The zero-order chi connectivity index (χ0) is 9.54. The molecule has 3 heteroatoms. The molecular weight excluding hydrogens is 183 g/mol. The summed E-state index contributed by atoms with van der Waals surface area (Å²) in [6.07, 6.45) is 2.26. The molecule has 1 saturated heterocycles. The molecule has 1 fully saturated rings. The second-order valence-corrected chi connectivity index (χ2v) is 3.82. The van der Waals surface area contributed by atoms with Crippen molar-refractivity contribution in [3.05, 3.63) is 29.6 Å². The predicted octanol–water partition coefficient (Wildman–Crippen LogP) is 1.92. The number of epoxide rings is 1. The largest absolute Gasteiger partial charge is 0.487 e. The summed E-state index contributed by atoms with van der Waals surface area (Å²) in [5, 5.41) is 0. The number of ether oxygens (including phenoxy) is 2. The lowest BCUT2D eigenvalue weighted by atomic mass is 10.0. The summed E-state index contributed by atoms with van der Waals surface area (Å²) in [5.41, 5.74) is 0.974. The minimum atomic E-state index is -0.187. The standard InChI is InChI=1S/C11H11FO2/c12-8-2-4-9-7(5-8)1-3-10(14-9)11-6-13-11/h2,4-5,10-11H,1,3,6H2/t10-,11?/m0/s1. The van der Waals surface area contributed by atoms with Crippen molar-refractivity contribution in [2.75, 3.05) is 6.61 Å². The molecule has 2 heterocycles. The number of hydrogen-bond donors (Lipinski definition) is 0. The Kier molecular flexibility index (Phi) is 1.74. The van der Waals surface area contributed by atoms with Gasteiger partial charge in [0.05, 0.1) is 6.61 Å². The van der Waals surface area contributed by atoms with Gasteiger partial charge in [-0.15, -0.1) is 0 Å². The van der Waals surface area contributed by atoms with Gasteiger partial charge in [-0.2, -0.15) is 0 Å². The van der Waals surface area contributed by atoms with Crippen LogP contribution in [0.25, 0.3) is 0 Å². The molecule has 0 amide bonds. The second-order valence-electron chi connectivity index (χ2n) is 3.82. The smallest absolute Gasteiger partial charge is 0.127 e. The minimum Gasteiger partial charge on any atom is -0.487 e. The van der Waals surface area contributed by atoms with Crippen LogP contribution >= 0.6 is 0 Å². The van der Waals surface area contributed by atoms with Crippen molar-refractivity contribution in [3.63, 3.8) is 0 Å². The summed E-state index contributed by atoms with van der Waals surface area (Å²) in [7, 11) is 0. The van der Waals surface area contributed by atoms with E-state index in [4.69, 9.17) is 9.47 Å². The molecule has 0 radical (unpaired) electrons. The van der Waals surface area contributed by atoms with Gasteiger partial charge in [-0.05, 0) is 36.6 Å². The molecule has 0 aromatic heterocycles. The summed E-state index contributed by atoms with van der Waals surface area (Å²) < 4.78 is 23.8. The molecule has 1 unspecified atom stereocenters. The maximum absolute atomic E-state index is 12.9. The van der Waals surface area contributed by atoms with Crippen LogP contribution in [0.5, 0.6) is 5.75 Å². The van der Waals surface area contributed by atoms with Crippen LogP contribution in [0.2, 0.25) is 0 Å². The van der Waals surface area contributed by atoms with Gasteiger partial charge >= 0.3 is 0 Å². The molecule has 14 heavy (non-hydrogen) atoms. The van der Waals surface area contributed by atoms with Crippen LogP contribution < -0.4 is 4.74 Å². The first-order valence-corrected chi connectivity index (χ1v) is 4.89. The maximum Gasteiger partial charge on any atom is 0.127 e. The Morgan fingerprint density at radius 1 is 1.29 bits per heavy atom. The highest BCUT2D eigenvalue weighted by molar-refractivity contribution is 5.36. The zero-order valence-electron chi connectivity index (χ0n) is 7.70. The van der Waals surface area contributed by atoms with E-state index in [-0.39, 0.29) is 18.0 Å². The third-order valence-corrected chi connectivity index (χ3v) is 2.77. The van der Waals surface area contributed by atoms with Gasteiger partial charge in [0.15, 0.2) is 0 Å². The van der Waals surface area contributed by atoms with Gasteiger partial charge in [-0.1, -0.05) is 0 Å². The third-order valence-electron chi connectivity index (χ3n) is 2.77. The van der Waals surface area contributed by atoms with Crippen molar-refractivity contribution in [1.82, 2.24) is 0 Å². The second kappa shape index (κ2) is 2.95. The topological polar surface area (TPSA) is 21.8 Å². The third kappa shape index (κ3) is 1.38. The van der Waals surface area contributed by atoms with Crippen molar-refractivity contribution < 1.29 is 13.9 Å². The van der Waals surface area contributed by atoms with Gasteiger partial charge in [0.1, 0.15) is 23.8 Å². The van der Waals surface area contributed by atoms with Gasteiger partial charge in [0.25, 0.3) is 0 Å². The first-order chi connectivity index (χ1) is 6.83. The SMILES string of the molecule is Fc1ccc2c(c1)CC[C@@H](C1CO1)O2. The normalized spacial score (nSPS) is 29.2. The van der Waals surface area contributed by atoms with E-state index in [0.717, 1.165) is 30.8 Å². The van der Waals surface area contributed by atoms with E-state index < -0.39 is 0 Å². The van der Waals surface area contributed by atoms with E-state index >= 15 is 0 Å². The monoisotopic (exact) mass is 194 g/mol. The van der Waals surface area contributed by atoms with Crippen LogP contribution in [-0.4, -0.2) is 18.8 Å². The first kappa shape index (κ1) is 8.24. The van der Waals surface area contributed by atoms with Crippen molar-refractivity contribution in [2.24, 2.45) is 0 Å². The number of aryl methyl sites for hydroxylation is 1. The Morgan fingerprint density at radius 2 is 2.14 bits per heavy atom. The number of rotatable bonds is 1. The summed E-state index contributed by atoms with van der Waals surface area (Å²) in [4.78, 5) is 0. The highest BCUT2D eigenvalue weighted by atomic mass is 19.1. The molecular formula is C11H11FO2. The number of benzene rings is 1.